The topological polar surface area (TPSA) is 49.4 Å². The number of amides is 2. The van der Waals surface area contributed by atoms with Gasteiger partial charge in [-0.25, -0.2) is 0 Å². The molecule has 1 aromatic heterocycles. The molecule has 5 heteroatoms. The van der Waals surface area contributed by atoms with Crippen LogP contribution in [0.25, 0.3) is 10.8 Å². The summed E-state index contributed by atoms with van der Waals surface area (Å²) in [6.07, 6.45) is 4.18. The van der Waals surface area contributed by atoms with Crippen LogP contribution in [-0.4, -0.2) is 35.8 Å². The van der Waals surface area contributed by atoms with Crippen LogP contribution in [0, 0.1) is 0 Å². The summed E-state index contributed by atoms with van der Waals surface area (Å²) in [4.78, 5) is 26.8. The molecule has 1 fully saturated rings. The number of hydrogen-bond acceptors (Lipinski definition) is 3. The first kappa shape index (κ1) is 19.6. The van der Waals surface area contributed by atoms with Crippen molar-refractivity contribution in [3.05, 3.63) is 70.4 Å². The first-order chi connectivity index (χ1) is 14.2. The van der Waals surface area contributed by atoms with Crippen molar-refractivity contribution in [1.82, 2.24) is 10.2 Å². The van der Waals surface area contributed by atoms with Crippen molar-refractivity contribution in [2.45, 2.75) is 38.1 Å². The van der Waals surface area contributed by atoms with Crippen LogP contribution < -0.4 is 5.32 Å². The van der Waals surface area contributed by atoms with Crippen LogP contribution in [0.3, 0.4) is 0 Å². The van der Waals surface area contributed by atoms with Gasteiger partial charge in [-0.05, 0) is 53.5 Å². The van der Waals surface area contributed by atoms with E-state index in [-0.39, 0.29) is 17.9 Å². The molecule has 2 aromatic carbocycles. The quantitative estimate of drug-likeness (QED) is 0.581. The maximum atomic E-state index is 12.8. The van der Waals surface area contributed by atoms with E-state index < -0.39 is 0 Å². The van der Waals surface area contributed by atoms with Gasteiger partial charge in [0.2, 0.25) is 5.91 Å². The summed E-state index contributed by atoms with van der Waals surface area (Å²) < 4.78 is 0. The molecule has 4 rings (SSSR count). The molecule has 0 aliphatic carbocycles. The predicted molar refractivity (Wildman–Crippen MR) is 118 cm³/mol. The smallest absolute Gasteiger partial charge is 0.252 e. The summed E-state index contributed by atoms with van der Waals surface area (Å²) in [5, 5.41) is 9.16. The highest BCUT2D eigenvalue weighted by Crippen LogP contribution is 2.26. The molecule has 0 spiro atoms. The number of thiophene rings is 1. The molecule has 1 aliphatic heterocycles. The van der Waals surface area contributed by atoms with Gasteiger partial charge in [0.15, 0.2) is 0 Å². The number of likely N-dealkylation sites (tertiary alicyclic amines) is 1. The van der Waals surface area contributed by atoms with E-state index in [9.17, 15) is 9.59 Å². The number of carbonyl (C=O) groups is 2. The molecule has 1 unspecified atom stereocenters. The Morgan fingerprint density at radius 2 is 1.97 bits per heavy atom. The summed E-state index contributed by atoms with van der Waals surface area (Å²) in [5.41, 5.74) is 2.01. The molecule has 3 aromatic rings. The van der Waals surface area contributed by atoms with Gasteiger partial charge in [-0.3, -0.25) is 9.59 Å². The summed E-state index contributed by atoms with van der Waals surface area (Å²) in [7, 11) is 0. The highest BCUT2D eigenvalue weighted by atomic mass is 32.1. The standard InChI is InChI=1S/C24H26N2O2S/c27-23(11-4-13-25-24(28)20-12-15-29-17-20)26-14-5-9-21(26)16-19-8-3-7-18-6-1-2-10-22(18)19/h1-3,6-8,10,12,15,17,21H,4-5,9,11,13-14,16H2,(H,25,28). The van der Waals surface area contributed by atoms with Gasteiger partial charge in [-0.1, -0.05) is 42.5 Å². The third-order valence-corrected chi connectivity index (χ3v) is 6.35. The third-order valence-electron chi connectivity index (χ3n) is 5.67. The Bertz CT molecular complexity index is 978. The number of nitrogens with zero attached hydrogens (tertiary/aromatic N) is 1. The molecule has 4 nitrogen and oxygen atoms in total. The largest absolute Gasteiger partial charge is 0.352 e. The van der Waals surface area contributed by atoms with Crippen molar-refractivity contribution in [1.29, 1.82) is 0 Å². The number of hydrogen-bond donors (Lipinski definition) is 1. The fourth-order valence-electron chi connectivity index (χ4n) is 4.18. The number of benzene rings is 2. The third kappa shape index (κ3) is 4.67. The summed E-state index contributed by atoms with van der Waals surface area (Å²) in [6.45, 7) is 1.37. The van der Waals surface area contributed by atoms with Crippen LogP contribution in [0.2, 0.25) is 0 Å². The van der Waals surface area contributed by atoms with E-state index >= 15 is 0 Å². The summed E-state index contributed by atoms with van der Waals surface area (Å²) >= 11 is 1.51. The van der Waals surface area contributed by atoms with Gasteiger partial charge in [0.05, 0.1) is 0 Å². The molecule has 1 aliphatic rings. The van der Waals surface area contributed by atoms with Gasteiger partial charge < -0.3 is 10.2 Å². The maximum absolute atomic E-state index is 12.8. The van der Waals surface area contributed by atoms with E-state index in [0.717, 1.165) is 25.8 Å². The van der Waals surface area contributed by atoms with Crippen LogP contribution in [0.5, 0.6) is 0 Å². The van der Waals surface area contributed by atoms with Crippen molar-refractivity contribution in [2.75, 3.05) is 13.1 Å². The second kappa shape index (κ2) is 9.23. The molecular formula is C24H26N2O2S. The second-order valence-electron chi connectivity index (χ2n) is 7.60. The van der Waals surface area contributed by atoms with Gasteiger partial charge >= 0.3 is 0 Å². The first-order valence-electron chi connectivity index (χ1n) is 10.3. The van der Waals surface area contributed by atoms with Crippen molar-refractivity contribution >= 4 is 33.9 Å². The van der Waals surface area contributed by atoms with Gasteiger partial charge in [-0.15, -0.1) is 0 Å². The first-order valence-corrected chi connectivity index (χ1v) is 11.2. The normalized spacial score (nSPS) is 16.3. The van der Waals surface area contributed by atoms with Gasteiger partial charge in [0.1, 0.15) is 0 Å². The van der Waals surface area contributed by atoms with Crippen molar-refractivity contribution in [3.63, 3.8) is 0 Å². The monoisotopic (exact) mass is 406 g/mol. The zero-order chi connectivity index (χ0) is 20.1. The Labute approximate surface area is 175 Å². The van der Waals surface area contributed by atoms with Crippen LogP contribution in [0.15, 0.2) is 59.3 Å². The van der Waals surface area contributed by atoms with Crippen LogP contribution >= 0.6 is 11.3 Å². The van der Waals surface area contributed by atoms with Gasteiger partial charge in [-0.2, -0.15) is 11.3 Å². The summed E-state index contributed by atoms with van der Waals surface area (Å²) in [5.74, 6) is 0.145. The fourth-order valence-corrected chi connectivity index (χ4v) is 4.82. The molecule has 0 bridgehead atoms. The Morgan fingerprint density at radius 3 is 2.83 bits per heavy atom. The lowest BCUT2D eigenvalue weighted by Crippen LogP contribution is -2.37. The molecule has 2 amide bonds. The lowest BCUT2D eigenvalue weighted by molar-refractivity contribution is -0.132. The Balaban J connectivity index is 1.31. The van der Waals surface area contributed by atoms with Crippen molar-refractivity contribution in [3.8, 4) is 0 Å². The number of fused-ring (bicyclic) bond motifs is 1. The fraction of sp³-hybridized carbons (Fsp3) is 0.333. The zero-order valence-electron chi connectivity index (χ0n) is 16.5. The van der Waals surface area contributed by atoms with Crippen molar-refractivity contribution in [2.24, 2.45) is 0 Å². The molecule has 1 N–H and O–H groups in total. The molecular weight excluding hydrogens is 380 g/mol. The second-order valence-corrected chi connectivity index (χ2v) is 8.38. The highest BCUT2D eigenvalue weighted by Gasteiger charge is 2.28. The Kier molecular flexibility index (Phi) is 6.25. The van der Waals surface area contributed by atoms with Gasteiger partial charge in [0, 0.05) is 36.5 Å². The van der Waals surface area contributed by atoms with Crippen molar-refractivity contribution < 1.29 is 9.59 Å². The molecule has 29 heavy (non-hydrogen) atoms. The minimum atomic E-state index is -0.0614. The highest BCUT2D eigenvalue weighted by molar-refractivity contribution is 7.08. The molecule has 2 heterocycles. The predicted octanol–water partition coefficient (Wildman–Crippen LogP) is 4.65. The number of rotatable bonds is 7. The van der Waals surface area contributed by atoms with E-state index in [1.54, 1.807) is 0 Å². The number of nitrogens with one attached hydrogen (secondary N) is 1. The molecule has 1 atom stereocenters. The molecule has 150 valence electrons. The van der Waals surface area contributed by atoms with E-state index in [0.29, 0.717) is 24.9 Å². The Morgan fingerprint density at radius 1 is 1.10 bits per heavy atom. The van der Waals surface area contributed by atoms with Crippen LogP contribution in [0.1, 0.15) is 41.6 Å². The minimum absolute atomic E-state index is 0.0614. The minimum Gasteiger partial charge on any atom is -0.352 e. The average Bonchev–Trinajstić information content (AvgIpc) is 3.43. The lowest BCUT2D eigenvalue weighted by Gasteiger charge is -2.25. The van der Waals surface area contributed by atoms with Crippen LogP contribution in [-0.2, 0) is 11.2 Å². The number of carbonyl (C=O) groups excluding carboxylic acids is 2. The van der Waals surface area contributed by atoms with Crippen LogP contribution in [0.4, 0.5) is 0 Å². The summed E-state index contributed by atoms with van der Waals surface area (Å²) in [6, 6.07) is 17.0. The molecule has 0 saturated carbocycles. The average molecular weight is 407 g/mol. The molecule has 0 radical (unpaired) electrons. The van der Waals surface area contributed by atoms with E-state index in [1.807, 2.05) is 16.8 Å². The SMILES string of the molecule is O=C(NCCCC(=O)N1CCCC1Cc1cccc2ccccc12)c1ccsc1. The maximum Gasteiger partial charge on any atom is 0.252 e. The molecule has 1 saturated heterocycles. The van der Waals surface area contributed by atoms with E-state index in [2.05, 4.69) is 52.7 Å². The van der Waals surface area contributed by atoms with E-state index in [4.69, 9.17) is 0 Å². The lowest BCUT2D eigenvalue weighted by atomic mass is 9.97. The van der Waals surface area contributed by atoms with E-state index in [1.165, 1.54) is 27.7 Å². The zero-order valence-corrected chi connectivity index (χ0v) is 17.3. The Hall–Kier alpha value is -2.66. The van der Waals surface area contributed by atoms with Gasteiger partial charge in [0.25, 0.3) is 5.91 Å².